The predicted molar refractivity (Wildman–Crippen MR) is 118 cm³/mol. The number of aliphatic hydroxyl groups is 6. The number of ether oxygens (including phenoxy) is 3. The first-order chi connectivity index (χ1) is 16.4. The Bertz CT molecular complexity index is 1220. The molecule has 0 aromatic carbocycles. The highest BCUT2D eigenvalue weighted by atomic mass is 16.7. The van der Waals surface area contributed by atoms with Crippen LogP contribution in [0.5, 0.6) is 0 Å². The Morgan fingerprint density at radius 3 is 2.42 bits per heavy atom. The Kier molecular flexibility index (Phi) is 3.64. The van der Waals surface area contributed by atoms with E-state index in [1.165, 1.54) is 26.1 Å². The maximum Gasteiger partial charge on any atom is 0.355 e. The van der Waals surface area contributed by atoms with Crippen LogP contribution in [0.4, 0.5) is 0 Å². The molecule has 0 radical (unpaired) electrons. The lowest BCUT2D eigenvalue weighted by Gasteiger charge is -2.59. The fraction of sp³-hybridized carbons (Fsp3) is 0.800. The van der Waals surface area contributed by atoms with Gasteiger partial charge < -0.3 is 49.8 Å². The van der Waals surface area contributed by atoms with Crippen LogP contribution in [0.3, 0.4) is 0 Å². The molecule has 1 aromatic rings. The molecule has 0 unspecified atom stereocenters. The third kappa shape index (κ3) is 1.60. The number of nitrogens with one attached hydrogen (secondary N) is 1. The van der Waals surface area contributed by atoms with Crippen LogP contribution in [0, 0.1) is 16.7 Å². The fourth-order valence-electron chi connectivity index (χ4n) is 9.87. The van der Waals surface area contributed by atoms with Gasteiger partial charge in [0.15, 0.2) is 17.5 Å². The van der Waals surface area contributed by atoms with Gasteiger partial charge in [-0.25, -0.2) is 4.79 Å². The number of hydrogen-bond acceptors (Lipinski definition) is 10. The van der Waals surface area contributed by atoms with E-state index in [2.05, 4.69) is 4.98 Å². The Hall–Kier alpha value is -1.57. The summed E-state index contributed by atoms with van der Waals surface area (Å²) in [5, 5.41) is 74.5. The first-order valence-corrected chi connectivity index (χ1v) is 12.5. The number of aromatic amines is 1. The molecule has 11 nitrogen and oxygen atoms in total. The van der Waals surface area contributed by atoms with Gasteiger partial charge in [0.05, 0.1) is 11.5 Å². The third-order valence-electron chi connectivity index (χ3n) is 11.8. The molecule has 11 heteroatoms. The normalized spacial score (nSPS) is 63.5. The monoisotopic (exact) mass is 507 g/mol. The minimum absolute atomic E-state index is 0.0531. The number of rotatable bonds is 3. The van der Waals surface area contributed by atoms with Gasteiger partial charge in [0.2, 0.25) is 0 Å². The van der Waals surface area contributed by atoms with Crippen molar-refractivity contribution in [2.45, 2.75) is 105 Å². The topological polar surface area (TPSA) is 185 Å². The summed E-state index contributed by atoms with van der Waals surface area (Å²) in [5.41, 5.74) is -17.0. The Morgan fingerprint density at radius 2 is 1.83 bits per heavy atom. The molecular formula is C25H33NO10. The molecule has 4 heterocycles. The molecule has 1 spiro atoms. The molecule has 3 aliphatic heterocycles. The van der Waals surface area contributed by atoms with Gasteiger partial charge in [0.25, 0.3) is 0 Å². The highest BCUT2D eigenvalue weighted by molar-refractivity contribution is 5.87. The quantitative estimate of drug-likeness (QED) is 0.197. The van der Waals surface area contributed by atoms with E-state index in [1.807, 2.05) is 0 Å². The highest BCUT2D eigenvalue weighted by Crippen LogP contribution is 2.91. The molecule has 4 saturated carbocycles. The van der Waals surface area contributed by atoms with Crippen LogP contribution in [0.25, 0.3) is 0 Å². The van der Waals surface area contributed by atoms with E-state index in [0.29, 0.717) is 0 Å². The number of carbonyl (C=O) groups excluding carboxylic acids is 1. The SMILES string of the molecule is CC(C)[C@@]1(O)[C@@H](OC(=O)c2ccc[nH]2)[C@]2(O)[C@@]3(C)C[C@]4(O)O[C@@]5([C@@H](O)[C@]6(C)O[C@@H]6C[C@]35O)[C@@]2(O)[C@]14C. The lowest BCUT2D eigenvalue weighted by Crippen LogP contribution is -2.77. The number of carbonyl (C=O) groups is 1. The summed E-state index contributed by atoms with van der Waals surface area (Å²) in [6.45, 7) is 7.70. The first-order valence-electron chi connectivity index (χ1n) is 12.5. The van der Waals surface area contributed by atoms with Crippen LogP contribution in [0.1, 0.15) is 57.9 Å². The molecular weight excluding hydrogens is 474 g/mol. The van der Waals surface area contributed by atoms with Crippen molar-refractivity contribution in [1.29, 1.82) is 0 Å². The van der Waals surface area contributed by atoms with E-state index >= 15 is 0 Å². The average Bonchev–Trinajstić information content (AvgIpc) is 3.10. The van der Waals surface area contributed by atoms with Crippen molar-refractivity contribution in [2.75, 3.05) is 0 Å². The molecule has 198 valence electrons. The summed E-state index contributed by atoms with van der Waals surface area (Å²) in [4.78, 5) is 15.9. The second-order valence-corrected chi connectivity index (χ2v) is 12.8. The van der Waals surface area contributed by atoms with E-state index in [1.54, 1.807) is 26.8 Å². The molecule has 7 fully saturated rings. The van der Waals surface area contributed by atoms with E-state index < -0.39 is 86.8 Å². The lowest BCUT2D eigenvalue weighted by molar-refractivity contribution is -0.386. The molecule has 1 aromatic heterocycles. The minimum atomic E-state index is -2.66. The van der Waals surface area contributed by atoms with E-state index in [-0.39, 0.29) is 12.1 Å². The number of aliphatic hydroxyl groups excluding tert-OH is 1. The van der Waals surface area contributed by atoms with Crippen molar-refractivity contribution in [2.24, 2.45) is 16.7 Å². The molecule has 4 aliphatic carbocycles. The molecule has 7 N–H and O–H groups in total. The van der Waals surface area contributed by atoms with Gasteiger partial charge in [-0.15, -0.1) is 0 Å². The van der Waals surface area contributed by atoms with E-state index in [9.17, 15) is 35.4 Å². The van der Waals surface area contributed by atoms with Crippen LogP contribution in [0.15, 0.2) is 18.3 Å². The minimum Gasteiger partial charge on any atom is -0.451 e. The Labute approximate surface area is 207 Å². The van der Waals surface area contributed by atoms with Crippen LogP contribution < -0.4 is 0 Å². The summed E-state index contributed by atoms with van der Waals surface area (Å²) in [6, 6.07) is 3.04. The fourth-order valence-corrected chi connectivity index (χ4v) is 9.87. The van der Waals surface area contributed by atoms with Crippen LogP contribution in [-0.4, -0.2) is 99.3 Å². The maximum absolute atomic E-state index is 13.2. The van der Waals surface area contributed by atoms with Gasteiger partial charge in [-0.2, -0.15) is 0 Å². The van der Waals surface area contributed by atoms with Crippen LogP contribution in [-0.2, 0) is 14.2 Å². The molecule has 7 aliphatic rings. The van der Waals surface area contributed by atoms with Gasteiger partial charge in [0.1, 0.15) is 39.8 Å². The summed E-state index contributed by atoms with van der Waals surface area (Å²) >= 11 is 0. The number of esters is 1. The number of hydrogen-bond donors (Lipinski definition) is 7. The van der Waals surface area contributed by atoms with E-state index in [4.69, 9.17) is 14.2 Å². The van der Waals surface area contributed by atoms with Gasteiger partial charge in [-0.3, -0.25) is 0 Å². The number of epoxide rings is 1. The van der Waals surface area contributed by atoms with Crippen molar-refractivity contribution in [3.05, 3.63) is 24.0 Å². The summed E-state index contributed by atoms with van der Waals surface area (Å²) in [7, 11) is 0. The predicted octanol–water partition coefficient (Wildman–Crippen LogP) is -1.06. The number of H-pyrrole nitrogens is 1. The zero-order valence-corrected chi connectivity index (χ0v) is 20.8. The van der Waals surface area contributed by atoms with Gasteiger partial charge >= 0.3 is 5.97 Å². The lowest BCUT2D eigenvalue weighted by atomic mass is 9.52. The van der Waals surface area contributed by atoms with Gasteiger partial charge in [0, 0.05) is 24.5 Å². The zero-order chi connectivity index (χ0) is 26.3. The highest BCUT2D eigenvalue weighted by Gasteiger charge is 3.11. The smallest absolute Gasteiger partial charge is 0.355 e. The largest absolute Gasteiger partial charge is 0.451 e. The third-order valence-corrected chi connectivity index (χ3v) is 11.8. The molecule has 8 rings (SSSR count). The first kappa shape index (κ1) is 23.5. The van der Waals surface area contributed by atoms with Crippen molar-refractivity contribution in [3.63, 3.8) is 0 Å². The molecule has 12 atom stereocenters. The Balaban J connectivity index is 1.55. The number of fused-ring (bicyclic) bond motifs is 1. The molecule has 6 bridgehead atoms. The average molecular weight is 508 g/mol. The van der Waals surface area contributed by atoms with Gasteiger partial charge in [-0.05, 0) is 31.9 Å². The van der Waals surface area contributed by atoms with Crippen LogP contribution in [0.2, 0.25) is 0 Å². The van der Waals surface area contributed by atoms with Crippen molar-refractivity contribution in [3.8, 4) is 0 Å². The maximum atomic E-state index is 13.2. The molecule has 36 heavy (non-hydrogen) atoms. The van der Waals surface area contributed by atoms with Crippen molar-refractivity contribution < 1.29 is 49.6 Å². The Morgan fingerprint density at radius 1 is 1.17 bits per heavy atom. The number of aromatic nitrogens is 1. The van der Waals surface area contributed by atoms with Gasteiger partial charge in [-0.1, -0.05) is 20.8 Å². The van der Waals surface area contributed by atoms with Crippen LogP contribution >= 0.6 is 0 Å². The summed E-state index contributed by atoms with van der Waals surface area (Å²) in [5.74, 6) is -3.99. The van der Waals surface area contributed by atoms with Crippen molar-refractivity contribution >= 4 is 5.97 Å². The second kappa shape index (κ2) is 5.57. The van der Waals surface area contributed by atoms with E-state index in [0.717, 1.165) is 0 Å². The molecule has 0 amide bonds. The zero-order valence-electron chi connectivity index (χ0n) is 20.8. The summed E-state index contributed by atoms with van der Waals surface area (Å²) < 4.78 is 17.8. The molecule has 3 saturated heterocycles. The second-order valence-electron chi connectivity index (χ2n) is 12.8. The standard InChI is InChI=1S/C25H33NO10/c1-11(2)22(31)16(34-14(27)12-7-6-8-26-12)23(32)17(3)10-21(30)19(22,5)25(23,33)24(36-21)15(28)18(4)13(35-18)9-20(17,24)29/h6-8,11,13,15-16,26,28-33H,9-10H2,1-5H3/t13-,15+,16-,17+,18-,19+,20+,21+,22-,23+,24-,25-/m1/s1. The van der Waals surface area contributed by atoms with Crippen molar-refractivity contribution in [1.82, 2.24) is 4.98 Å². The summed E-state index contributed by atoms with van der Waals surface area (Å²) in [6.07, 6.45) is -3.06.